The summed E-state index contributed by atoms with van der Waals surface area (Å²) in [5.41, 5.74) is 6.59. The Morgan fingerprint density at radius 3 is 2.78 bits per heavy atom. The summed E-state index contributed by atoms with van der Waals surface area (Å²) in [4.78, 5) is 14.9. The molecule has 1 aromatic carbocycles. The number of benzene rings is 1. The van der Waals surface area contributed by atoms with E-state index in [0.29, 0.717) is 23.1 Å². The SMILES string of the molecule is N#Cc1cc(-c2nc(N)ccc2C=O)ccc1F. The molecule has 0 atom stereocenters. The highest BCUT2D eigenvalue weighted by molar-refractivity contribution is 5.86. The standard InChI is InChI=1S/C13H8FN3O/c14-11-3-1-8(5-10(11)6-15)13-9(7-18)2-4-12(16)17-13/h1-5,7H,(H2,16,17). The minimum atomic E-state index is -0.613. The first-order valence-corrected chi connectivity index (χ1v) is 5.07. The summed E-state index contributed by atoms with van der Waals surface area (Å²) in [6.07, 6.45) is 0.636. The molecule has 0 aliphatic rings. The molecule has 0 amide bonds. The predicted molar refractivity (Wildman–Crippen MR) is 64.1 cm³/mol. The molecule has 1 aromatic heterocycles. The Morgan fingerprint density at radius 2 is 2.11 bits per heavy atom. The molecule has 2 rings (SSSR count). The first-order chi connectivity index (χ1) is 8.65. The highest BCUT2D eigenvalue weighted by Gasteiger charge is 2.10. The van der Waals surface area contributed by atoms with Crippen molar-refractivity contribution < 1.29 is 9.18 Å². The van der Waals surface area contributed by atoms with E-state index >= 15 is 0 Å². The second kappa shape index (κ2) is 4.63. The summed E-state index contributed by atoms with van der Waals surface area (Å²) in [6.45, 7) is 0. The van der Waals surface area contributed by atoms with Gasteiger partial charge in [-0.05, 0) is 30.3 Å². The van der Waals surface area contributed by atoms with E-state index < -0.39 is 5.82 Å². The average Bonchev–Trinajstić information content (AvgIpc) is 2.39. The zero-order valence-corrected chi connectivity index (χ0v) is 9.22. The van der Waals surface area contributed by atoms with Crippen LogP contribution < -0.4 is 5.73 Å². The van der Waals surface area contributed by atoms with Crippen molar-refractivity contribution in [3.05, 3.63) is 47.3 Å². The second-order valence-corrected chi connectivity index (χ2v) is 3.60. The molecule has 0 spiro atoms. The Morgan fingerprint density at radius 1 is 1.33 bits per heavy atom. The smallest absolute Gasteiger partial charge is 0.152 e. The molecule has 18 heavy (non-hydrogen) atoms. The van der Waals surface area contributed by atoms with E-state index in [0.717, 1.165) is 6.07 Å². The van der Waals surface area contributed by atoms with E-state index in [2.05, 4.69) is 4.98 Å². The zero-order chi connectivity index (χ0) is 13.1. The molecule has 0 saturated carbocycles. The third-order valence-corrected chi connectivity index (χ3v) is 2.44. The van der Waals surface area contributed by atoms with E-state index in [1.54, 1.807) is 6.07 Å². The fraction of sp³-hybridized carbons (Fsp3) is 0. The molecule has 0 saturated heterocycles. The van der Waals surface area contributed by atoms with Gasteiger partial charge in [0.15, 0.2) is 6.29 Å². The molecule has 88 valence electrons. The zero-order valence-electron chi connectivity index (χ0n) is 9.22. The van der Waals surface area contributed by atoms with Crippen molar-refractivity contribution in [1.82, 2.24) is 4.98 Å². The molecular weight excluding hydrogens is 233 g/mol. The normalized spacial score (nSPS) is 9.78. The molecule has 2 aromatic rings. The van der Waals surface area contributed by atoms with Crippen LogP contribution in [0.1, 0.15) is 15.9 Å². The quantitative estimate of drug-likeness (QED) is 0.817. The molecular formula is C13H8FN3O. The molecule has 0 bridgehead atoms. The van der Waals surface area contributed by atoms with E-state index in [4.69, 9.17) is 11.0 Å². The van der Waals surface area contributed by atoms with Crippen molar-refractivity contribution >= 4 is 12.1 Å². The Labute approximate surface area is 102 Å². The molecule has 0 unspecified atom stereocenters. The molecule has 0 aliphatic carbocycles. The molecule has 0 fully saturated rings. The topological polar surface area (TPSA) is 79.8 Å². The lowest BCUT2D eigenvalue weighted by Crippen LogP contribution is -1.97. The van der Waals surface area contributed by atoms with Crippen LogP contribution in [0.5, 0.6) is 0 Å². The molecule has 0 aliphatic heterocycles. The van der Waals surface area contributed by atoms with E-state index in [1.165, 1.54) is 24.3 Å². The molecule has 0 radical (unpaired) electrons. The van der Waals surface area contributed by atoms with Gasteiger partial charge in [-0.3, -0.25) is 4.79 Å². The first-order valence-electron chi connectivity index (χ1n) is 5.07. The van der Waals surface area contributed by atoms with Gasteiger partial charge in [0.1, 0.15) is 17.7 Å². The van der Waals surface area contributed by atoms with Crippen LogP contribution in [0, 0.1) is 17.1 Å². The number of aldehydes is 1. The fourth-order valence-electron chi connectivity index (χ4n) is 1.57. The third-order valence-electron chi connectivity index (χ3n) is 2.44. The van der Waals surface area contributed by atoms with E-state index in [9.17, 15) is 9.18 Å². The monoisotopic (exact) mass is 241 g/mol. The maximum Gasteiger partial charge on any atom is 0.152 e. The lowest BCUT2D eigenvalue weighted by atomic mass is 10.0. The van der Waals surface area contributed by atoms with Crippen LogP contribution in [0.15, 0.2) is 30.3 Å². The Hall–Kier alpha value is -2.74. The van der Waals surface area contributed by atoms with Gasteiger partial charge in [-0.2, -0.15) is 5.26 Å². The minimum absolute atomic E-state index is 0.103. The van der Waals surface area contributed by atoms with E-state index in [-0.39, 0.29) is 11.4 Å². The number of nitrogens with two attached hydrogens (primary N) is 1. The van der Waals surface area contributed by atoms with Gasteiger partial charge >= 0.3 is 0 Å². The van der Waals surface area contributed by atoms with Crippen LogP contribution in [0.4, 0.5) is 10.2 Å². The molecule has 4 nitrogen and oxygen atoms in total. The van der Waals surface area contributed by atoms with Crippen LogP contribution >= 0.6 is 0 Å². The number of rotatable bonds is 2. The number of hydrogen-bond acceptors (Lipinski definition) is 4. The van der Waals surface area contributed by atoms with Gasteiger partial charge in [0.05, 0.1) is 11.3 Å². The van der Waals surface area contributed by atoms with Gasteiger partial charge in [0.25, 0.3) is 0 Å². The lowest BCUT2D eigenvalue weighted by molar-refractivity contribution is 0.112. The number of halogens is 1. The fourth-order valence-corrected chi connectivity index (χ4v) is 1.57. The second-order valence-electron chi connectivity index (χ2n) is 3.60. The van der Waals surface area contributed by atoms with Crippen molar-refractivity contribution in [2.45, 2.75) is 0 Å². The number of nitrogens with zero attached hydrogens (tertiary/aromatic N) is 2. The van der Waals surface area contributed by atoms with Crippen LogP contribution in [0.25, 0.3) is 11.3 Å². The average molecular weight is 241 g/mol. The summed E-state index contributed by atoms with van der Waals surface area (Å²) in [7, 11) is 0. The van der Waals surface area contributed by atoms with Crippen molar-refractivity contribution in [2.24, 2.45) is 0 Å². The molecule has 2 N–H and O–H groups in total. The van der Waals surface area contributed by atoms with E-state index in [1.807, 2.05) is 0 Å². The number of nitriles is 1. The maximum absolute atomic E-state index is 13.2. The predicted octanol–water partition coefficient (Wildman–Crippen LogP) is 2.15. The van der Waals surface area contributed by atoms with Crippen molar-refractivity contribution in [2.75, 3.05) is 5.73 Å². The number of hydrogen-bond donors (Lipinski definition) is 1. The number of carbonyl (C=O) groups is 1. The lowest BCUT2D eigenvalue weighted by Gasteiger charge is -2.06. The summed E-state index contributed by atoms with van der Waals surface area (Å²) < 4.78 is 13.2. The Balaban J connectivity index is 2.65. The number of anilines is 1. The molecule has 5 heteroatoms. The van der Waals surface area contributed by atoms with Gasteiger partial charge in [-0.15, -0.1) is 0 Å². The van der Waals surface area contributed by atoms with Crippen LogP contribution in [-0.2, 0) is 0 Å². The Bertz CT molecular complexity index is 662. The highest BCUT2D eigenvalue weighted by atomic mass is 19.1. The molecule has 1 heterocycles. The summed E-state index contributed by atoms with van der Waals surface area (Å²) in [5.74, 6) is -0.365. The van der Waals surface area contributed by atoms with Gasteiger partial charge in [-0.1, -0.05) is 0 Å². The highest BCUT2D eigenvalue weighted by Crippen LogP contribution is 2.23. The van der Waals surface area contributed by atoms with Crippen LogP contribution in [0.3, 0.4) is 0 Å². The van der Waals surface area contributed by atoms with Crippen molar-refractivity contribution in [1.29, 1.82) is 5.26 Å². The number of nitrogen functional groups attached to an aromatic ring is 1. The van der Waals surface area contributed by atoms with Gasteiger partial charge < -0.3 is 5.73 Å². The van der Waals surface area contributed by atoms with Gasteiger partial charge in [0.2, 0.25) is 0 Å². The first kappa shape index (κ1) is 11.7. The largest absolute Gasteiger partial charge is 0.384 e. The maximum atomic E-state index is 13.2. The van der Waals surface area contributed by atoms with Crippen molar-refractivity contribution in [3.8, 4) is 17.3 Å². The number of aromatic nitrogens is 1. The summed E-state index contributed by atoms with van der Waals surface area (Å²) in [6, 6.07) is 8.71. The summed E-state index contributed by atoms with van der Waals surface area (Å²) in [5, 5.41) is 8.77. The minimum Gasteiger partial charge on any atom is -0.384 e. The van der Waals surface area contributed by atoms with Crippen molar-refractivity contribution in [3.63, 3.8) is 0 Å². The number of pyridine rings is 1. The Kier molecular flexibility index (Phi) is 3.02. The van der Waals surface area contributed by atoms with Gasteiger partial charge in [0, 0.05) is 11.1 Å². The number of carbonyl (C=O) groups excluding carboxylic acids is 1. The van der Waals surface area contributed by atoms with Crippen LogP contribution in [0.2, 0.25) is 0 Å². The van der Waals surface area contributed by atoms with Gasteiger partial charge in [-0.25, -0.2) is 9.37 Å². The summed E-state index contributed by atoms with van der Waals surface area (Å²) >= 11 is 0. The van der Waals surface area contributed by atoms with Crippen LogP contribution in [-0.4, -0.2) is 11.3 Å². The third kappa shape index (κ3) is 2.04.